The van der Waals surface area contributed by atoms with Crippen LogP contribution in [-0.2, 0) is 27.8 Å². The lowest BCUT2D eigenvalue weighted by molar-refractivity contribution is -0.121. The number of aromatic nitrogens is 2. The summed E-state index contributed by atoms with van der Waals surface area (Å²) in [5, 5.41) is 4.90. The summed E-state index contributed by atoms with van der Waals surface area (Å²) in [4.78, 5) is 37.6. The smallest absolute Gasteiger partial charge is 0.273 e. The molecule has 2 aromatic carbocycles. The lowest BCUT2D eigenvalue weighted by Crippen LogP contribution is -2.42. The van der Waals surface area contributed by atoms with Crippen molar-refractivity contribution in [1.29, 1.82) is 0 Å². The molecule has 0 aliphatic carbocycles. The van der Waals surface area contributed by atoms with Crippen LogP contribution in [-0.4, -0.2) is 47.4 Å². The van der Waals surface area contributed by atoms with Crippen molar-refractivity contribution >= 4 is 32.6 Å². The first kappa shape index (κ1) is 26.0. The number of sulfonamides is 1. The molecular weight excluding hydrogens is 470 g/mol. The molecule has 0 unspecified atom stereocenters. The van der Waals surface area contributed by atoms with Crippen LogP contribution in [0.2, 0.25) is 0 Å². The molecule has 1 aromatic heterocycles. The molecule has 3 aromatic rings. The molecule has 0 radical (unpaired) electrons. The summed E-state index contributed by atoms with van der Waals surface area (Å²) >= 11 is 0. The predicted octanol–water partition coefficient (Wildman–Crippen LogP) is 1.84. The van der Waals surface area contributed by atoms with Gasteiger partial charge in [-0.15, -0.1) is 0 Å². The van der Waals surface area contributed by atoms with Crippen molar-refractivity contribution < 1.29 is 18.0 Å². The van der Waals surface area contributed by atoms with Gasteiger partial charge in [0.25, 0.3) is 11.5 Å². The number of aryl methyl sites for hydroxylation is 2. The van der Waals surface area contributed by atoms with Gasteiger partial charge in [-0.2, -0.15) is 9.40 Å². The first-order valence-electron chi connectivity index (χ1n) is 11.4. The maximum absolute atomic E-state index is 12.7. The summed E-state index contributed by atoms with van der Waals surface area (Å²) < 4.78 is 27.7. The van der Waals surface area contributed by atoms with Crippen molar-refractivity contribution in [2.45, 2.75) is 45.1 Å². The highest BCUT2D eigenvalue weighted by Crippen LogP contribution is 2.17. The Kier molecular flexibility index (Phi) is 8.36. The van der Waals surface area contributed by atoms with Crippen molar-refractivity contribution in [1.82, 2.24) is 24.9 Å². The fourth-order valence-corrected chi connectivity index (χ4v) is 5.12. The minimum absolute atomic E-state index is 0.0346. The highest BCUT2D eigenvalue weighted by atomic mass is 32.2. The number of amides is 2. The quantitative estimate of drug-likeness (QED) is 0.432. The molecule has 0 atom stereocenters. The summed E-state index contributed by atoms with van der Waals surface area (Å²) in [6.45, 7) is 6.38. The highest BCUT2D eigenvalue weighted by molar-refractivity contribution is 7.89. The van der Waals surface area contributed by atoms with E-state index in [0.29, 0.717) is 36.8 Å². The standard InChI is InChI=1S/C24H29N5O5S/c1-4-28(5-2)35(33,34)18-14-11-17(12-15-18)13-16-21(30)25-26-23(31)22-19-9-7-8-10-20(19)24(32)29(6-3)27-22/h7-12,14-15H,4-6,13,16H2,1-3H3,(H,25,30)(H,26,31). The Hall–Kier alpha value is -3.57. The number of hydrazine groups is 1. The molecule has 2 amide bonds. The average molecular weight is 500 g/mol. The van der Waals surface area contributed by atoms with E-state index in [1.54, 1.807) is 57.2 Å². The Labute approximate surface area is 204 Å². The van der Waals surface area contributed by atoms with Gasteiger partial charge < -0.3 is 0 Å². The van der Waals surface area contributed by atoms with Crippen LogP contribution in [0, 0.1) is 0 Å². The average Bonchev–Trinajstić information content (AvgIpc) is 2.87. The van der Waals surface area contributed by atoms with Gasteiger partial charge in [0.2, 0.25) is 15.9 Å². The van der Waals surface area contributed by atoms with Gasteiger partial charge in [0, 0.05) is 31.4 Å². The molecule has 0 saturated heterocycles. The van der Waals surface area contributed by atoms with Crippen LogP contribution >= 0.6 is 0 Å². The highest BCUT2D eigenvalue weighted by Gasteiger charge is 2.21. The Balaban J connectivity index is 1.61. The van der Waals surface area contributed by atoms with E-state index in [9.17, 15) is 22.8 Å². The molecule has 0 aliphatic rings. The Bertz CT molecular complexity index is 1380. The van der Waals surface area contributed by atoms with Crippen LogP contribution in [0.15, 0.2) is 58.2 Å². The minimum Gasteiger partial charge on any atom is -0.273 e. The molecule has 186 valence electrons. The van der Waals surface area contributed by atoms with Crippen LogP contribution in [0.3, 0.4) is 0 Å². The third-order valence-electron chi connectivity index (χ3n) is 5.61. The van der Waals surface area contributed by atoms with E-state index < -0.39 is 21.8 Å². The number of benzene rings is 2. The van der Waals surface area contributed by atoms with Crippen molar-refractivity contribution in [2.75, 3.05) is 13.1 Å². The number of hydrogen-bond acceptors (Lipinski definition) is 6. The molecule has 0 aliphatic heterocycles. The molecule has 0 bridgehead atoms. The number of hydrogen-bond donors (Lipinski definition) is 2. The molecule has 0 saturated carbocycles. The number of rotatable bonds is 9. The molecule has 3 rings (SSSR count). The molecule has 35 heavy (non-hydrogen) atoms. The first-order chi connectivity index (χ1) is 16.7. The van der Waals surface area contributed by atoms with Gasteiger partial charge in [-0.05, 0) is 37.1 Å². The molecule has 1 heterocycles. The van der Waals surface area contributed by atoms with Gasteiger partial charge in [-0.3, -0.25) is 25.2 Å². The van der Waals surface area contributed by atoms with E-state index in [1.807, 2.05) is 0 Å². The number of nitrogens with one attached hydrogen (secondary N) is 2. The van der Waals surface area contributed by atoms with Gasteiger partial charge in [0.05, 0.1) is 10.3 Å². The van der Waals surface area contributed by atoms with Crippen molar-refractivity contribution in [3.8, 4) is 0 Å². The monoisotopic (exact) mass is 499 g/mol. The van der Waals surface area contributed by atoms with Crippen LogP contribution in [0.1, 0.15) is 43.2 Å². The van der Waals surface area contributed by atoms with Gasteiger partial charge in [-0.1, -0.05) is 44.2 Å². The van der Waals surface area contributed by atoms with E-state index in [4.69, 9.17) is 0 Å². The second kappa shape index (κ2) is 11.2. The lowest BCUT2D eigenvalue weighted by atomic mass is 10.1. The summed E-state index contributed by atoms with van der Waals surface area (Å²) in [5.74, 6) is -1.06. The van der Waals surface area contributed by atoms with Gasteiger partial charge in [0.1, 0.15) is 0 Å². The zero-order chi connectivity index (χ0) is 25.6. The van der Waals surface area contributed by atoms with Gasteiger partial charge in [-0.25, -0.2) is 13.1 Å². The zero-order valence-corrected chi connectivity index (χ0v) is 20.8. The predicted molar refractivity (Wildman–Crippen MR) is 132 cm³/mol. The maximum Gasteiger partial charge on any atom is 0.290 e. The number of fused-ring (bicyclic) bond motifs is 1. The molecule has 10 nitrogen and oxygen atoms in total. The molecule has 0 spiro atoms. The molecule has 0 fully saturated rings. The Morgan fingerprint density at radius 3 is 2.17 bits per heavy atom. The number of carbonyl (C=O) groups is 2. The SMILES string of the molecule is CCN(CC)S(=O)(=O)c1ccc(CCC(=O)NNC(=O)c2nn(CC)c(=O)c3ccccc23)cc1. The van der Waals surface area contributed by atoms with Crippen LogP contribution in [0.25, 0.3) is 10.8 Å². The Morgan fingerprint density at radius 2 is 1.57 bits per heavy atom. The second-order valence-electron chi connectivity index (χ2n) is 7.75. The van der Waals surface area contributed by atoms with E-state index in [2.05, 4.69) is 16.0 Å². The van der Waals surface area contributed by atoms with Crippen LogP contribution in [0.4, 0.5) is 0 Å². The van der Waals surface area contributed by atoms with E-state index in [1.165, 1.54) is 21.1 Å². The lowest BCUT2D eigenvalue weighted by Gasteiger charge is -2.18. The van der Waals surface area contributed by atoms with Gasteiger partial charge >= 0.3 is 0 Å². The van der Waals surface area contributed by atoms with E-state index in [-0.39, 0.29) is 22.6 Å². The van der Waals surface area contributed by atoms with E-state index >= 15 is 0 Å². The van der Waals surface area contributed by atoms with Crippen molar-refractivity contribution in [3.63, 3.8) is 0 Å². The summed E-state index contributed by atoms with van der Waals surface area (Å²) in [6, 6.07) is 13.1. The normalized spacial score (nSPS) is 11.5. The molecular formula is C24H29N5O5S. The fourth-order valence-electron chi connectivity index (χ4n) is 3.66. The summed E-state index contributed by atoms with van der Waals surface area (Å²) in [6.07, 6.45) is 0.431. The molecule has 2 N–H and O–H groups in total. The zero-order valence-electron chi connectivity index (χ0n) is 19.9. The van der Waals surface area contributed by atoms with Crippen molar-refractivity contribution in [3.05, 3.63) is 70.1 Å². The maximum atomic E-state index is 12.7. The third kappa shape index (κ3) is 5.75. The summed E-state index contributed by atoms with van der Waals surface area (Å²) in [7, 11) is -3.54. The minimum atomic E-state index is -3.54. The number of carbonyl (C=O) groups excluding carboxylic acids is 2. The Morgan fingerprint density at radius 1 is 0.943 bits per heavy atom. The summed E-state index contributed by atoms with van der Waals surface area (Å²) in [5.41, 5.74) is 5.24. The van der Waals surface area contributed by atoms with Crippen LogP contribution < -0.4 is 16.4 Å². The third-order valence-corrected chi connectivity index (χ3v) is 7.67. The fraction of sp³-hybridized carbons (Fsp3) is 0.333. The largest absolute Gasteiger partial charge is 0.290 e. The van der Waals surface area contributed by atoms with Crippen LogP contribution in [0.5, 0.6) is 0 Å². The van der Waals surface area contributed by atoms with E-state index in [0.717, 1.165) is 5.56 Å². The number of nitrogens with zero attached hydrogens (tertiary/aromatic N) is 3. The topological polar surface area (TPSA) is 130 Å². The van der Waals surface area contributed by atoms with Crippen molar-refractivity contribution in [2.24, 2.45) is 0 Å². The second-order valence-corrected chi connectivity index (χ2v) is 9.69. The molecule has 11 heteroatoms. The van der Waals surface area contributed by atoms with Gasteiger partial charge in [0.15, 0.2) is 5.69 Å². The first-order valence-corrected chi connectivity index (χ1v) is 12.8.